The highest BCUT2D eigenvalue weighted by Gasteiger charge is 2.39. The largest absolute Gasteiger partial charge is 0.462 e. The summed E-state index contributed by atoms with van der Waals surface area (Å²) in [4.78, 5) is 25.6. The Morgan fingerprint density at radius 3 is 2.46 bits per heavy atom. The minimum atomic E-state index is -3.79. The molecule has 3 atom stereocenters. The third-order valence-corrected chi connectivity index (χ3v) is 8.43. The van der Waals surface area contributed by atoms with Gasteiger partial charge >= 0.3 is 11.9 Å². The molecule has 2 rings (SSSR count). The molecule has 10 heteroatoms. The van der Waals surface area contributed by atoms with Gasteiger partial charge in [-0.05, 0) is 89.5 Å². The number of hydrazone groups is 1. The van der Waals surface area contributed by atoms with E-state index in [0.717, 1.165) is 35.3 Å². The standard InChI is InChI=1S/C31H46N2O7S/c1-22(2)10-16-29(32-33-41(36,37)28-14-11-23(3)12-15-28)24(4)9-8-19-31(7)30(40-26(6)35)17-13-27(21-39-31)18-20-38-25(5)34/h10-12,14-15,18,24,30,33H,8-9,13,16-17,19-21H2,1-7H3/t24?,30-,31+/m1/s1. The van der Waals surface area contributed by atoms with Crippen LogP contribution >= 0.6 is 0 Å². The van der Waals surface area contributed by atoms with Crippen molar-refractivity contribution in [2.45, 2.75) is 104 Å². The zero-order chi connectivity index (χ0) is 30.6. The number of nitrogens with one attached hydrogen (secondary N) is 1. The minimum absolute atomic E-state index is 0.00735. The number of ether oxygens (including phenoxy) is 3. The van der Waals surface area contributed by atoms with Crippen molar-refractivity contribution in [1.29, 1.82) is 0 Å². The summed E-state index contributed by atoms with van der Waals surface area (Å²) in [6.45, 7) is 13.2. The van der Waals surface area contributed by atoms with Gasteiger partial charge in [0.25, 0.3) is 10.0 Å². The van der Waals surface area contributed by atoms with Crippen molar-refractivity contribution in [1.82, 2.24) is 4.83 Å². The Labute approximate surface area is 245 Å². The van der Waals surface area contributed by atoms with E-state index in [1.807, 2.05) is 46.8 Å². The van der Waals surface area contributed by atoms with E-state index in [9.17, 15) is 18.0 Å². The summed E-state index contributed by atoms with van der Waals surface area (Å²) in [6.07, 6.45) is 7.39. The van der Waals surface area contributed by atoms with E-state index in [-0.39, 0.29) is 29.4 Å². The molecule has 1 fully saturated rings. The van der Waals surface area contributed by atoms with E-state index in [1.165, 1.54) is 13.8 Å². The third kappa shape index (κ3) is 11.8. The summed E-state index contributed by atoms with van der Waals surface area (Å²) in [7, 11) is -3.79. The van der Waals surface area contributed by atoms with Crippen molar-refractivity contribution in [3.05, 3.63) is 53.1 Å². The molecular formula is C31H46N2O7S. The summed E-state index contributed by atoms with van der Waals surface area (Å²) < 4.78 is 42.7. The third-order valence-electron chi connectivity index (χ3n) is 7.20. The second-order valence-corrected chi connectivity index (χ2v) is 12.9. The fourth-order valence-corrected chi connectivity index (χ4v) is 5.42. The molecule has 41 heavy (non-hydrogen) atoms. The van der Waals surface area contributed by atoms with Crippen molar-refractivity contribution in [2.24, 2.45) is 11.0 Å². The molecule has 9 nitrogen and oxygen atoms in total. The number of benzene rings is 1. The van der Waals surface area contributed by atoms with E-state index < -0.39 is 21.7 Å². The predicted molar refractivity (Wildman–Crippen MR) is 160 cm³/mol. The summed E-state index contributed by atoms with van der Waals surface area (Å²) in [5, 5.41) is 4.36. The van der Waals surface area contributed by atoms with Crippen molar-refractivity contribution in [3.8, 4) is 0 Å². The Morgan fingerprint density at radius 1 is 1.17 bits per heavy atom. The Balaban J connectivity index is 2.13. The average molecular weight is 591 g/mol. The SMILES string of the molecule is CC(=O)OCC=C1CC[C@@H](OC(C)=O)[C@](C)(CCCC(C)C(CC=C(C)C)=NNS(=O)(=O)c2ccc(C)cc2)OC1. The van der Waals surface area contributed by atoms with Gasteiger partial charge in [0.15, 0.2) is 0 Å². The number of carbonyl (C=O) groups is 2. The maximum absolute atomic E-state index is 12.8. The van der Waals surface area contributed by atoms with Crippen LogP contribution in [0.15, 0.2) is 57.6 Å². The van der Waals surface area contributed by atoms with Crippen LogP contribution in [0, 0.1) is 12.8 Å². The van der Waals surface area contributed by atoms with Crippen LogP contribution in [-0.4, -0.2) is 51.0 Å². The predicted octanol–water partition coefficient (Wildman–Crippen LogP) is 5.78. The van der Waals surface area contributed by atoms with Gasteiger partial charge < -0.3 is 14.2 Å². The van der Waals surface area contributed by atoms with Crippen molar-refractivity contribution in [3.63, 3.8) is 0 Å². The first kappa shape index (κ1) is 34.2. The first-order chi connectivity index (χ1) is 19.2. The molecule has 1 saturated heterocycles. The molecule has 1 unspecified atom stereocenters. The van der Waals surface area contributed by atoms with Crippen LogP contribution in [0.1, 0.15) is 85.6 Å². The smallest absolute Gasteiger partial charge is 0.303 e. The second-order valence-electron chi connectivity index (χ2n) is 11.2. The van der Waals surface area contributed by atoms with Gasteiger partial charge in [0, 0.05) is 26.0 Å². The van der Waals surface area contributed by atoms with Crippen LogP contribution < -0.4 is 4.83 Å². The minimum Gasteiger partial charge on any atom is -0.462 e. The topological polar surface area (TPSA) is 120 Å². The Kier molecular flexibility index (Phi) is 13.2. The summed E-state index contributed by atoms with van der Waals surface area (Å²) in [6, 6.07) is 6.64. The lowest BCUT2D eigenvalue weighted by atomic mass is 9.87. The van der Waals surface area contributed by atoms with Crippen molar-refractivity contribution in [2.75, 3.05) is 13.2 Å². The number of allylic oxidation sites excluding steroid dienone is 2. The summed E-state index contributed by atoms with van der Waals surface area (Å²) in [5.74, 6) is -0.710. The van der Waals surface area contributed by atoms with E-state index in [4.69, 9.17) is 14.2 Å². The highest BCUT2D eigenvalue weighted by Crippen LogP contribution is 2.34. The molecule has 1 aliphatic heterocycles. The average Bonchev–Trinajstić information content (AvgIpc) is 3.02. The molecule has 0 amide bonds. The lowest BCUT2D eigenvalue weighted by molar-refractivity contribution is -0.167. The number of carbonyl (C=O) groups excluding carboxylic acids is 2. The lowest BCUT2D eigenvalue weighted by Gasteiger charge is -2.35. The van der Waals surface area contributed by atoms with Crippen LogP contribution in [0.2, 0.25) is 0 Å². The monoisotopic (exact) mass is 590 g/mol. The molecule has 0 saturated carbocycles. The molecule has 1 heterocycles. The molecule has 1 aliphatic rings. The molecule has 228 valence electrons. The van der Waals surface area contributed by atoms with Gasteiger partial charge in [-0.25, -0.2) is 4.83 Å². The molecule has 0 radical (unpaired) electrons. The summed E-state index contributed by atoms with van der Waals surface area (Å²) >= 11 is 0. The van der Waals surface area contributed by atoms with E-state index >= 15 is 0 Å². The molecule has 0 spiro atoms. The fourth-order valence-electron chi connectivity index (χ4n) is 4.58. The van der Waals surface area contributed by atoms with Gasteiger partial charge in [-0.3, -0.25) is 9.59 Å². The van der Waals surface area contributed by atoms with Gasteiger partial charge in [0.2, 0.25) is 0 Å². The number of esters is 2. The van der Waals surface area contributed by atoms with Gasteiger partial charge in [0.05, 0.1) is 11.5 Å². The molecule has 1 aromatic rings. The van der Waals surface area contributed by atoms with Crippen molar-refractivity contribution >= 4 is 27.7 Å². The summed E-state index contributed by atoms with van der Waals surface area (Å²) in [5.41, 5.74) is 3.12. The van der Waals surface area contributed by atoms with Gasteiger partial charge in [0.1, 0.15) is 18.3 Å². The number of aryl methyl sites for hydroxylation is 1. The van der Waals surface area contributed by atoms with Gasteiger partial charge in [-0.15, -0.1) is 0 Å². The normalized spacial score (nSPS) is 21.5. The maximum Gasteiger partial charge on any atom is 0.303 e. The van der Waals surface area contributed by atoms with Crippen LogP contribution in [0.5, 0.6) is 0 Å². The number of nitrogens with zero attached hydrogens (tertiary/aromatic N) is 1. The maximum atomic E-state index is 12.8. The molecular weight excluding hydrogens is 544 g/mol. The van der Waals surface area contributed by atoms with E-state index in [1.54, 1.807) is 24.3 Å². The Bertz CT molecular complexity index is 1230. The van der Waals surface area contributed by atoms with Crippen molar-refractivity contribution < 1.29 is 32.2 Å². The molecule has 1 N–H and O–H groups in total. The molecule has 0 bridgehead atoms. The van der Waals surface area contributed by atoms with Gasteiger partial charge in [-0.1, -0.05) is 36.3 Å². The molecule has 0 aliphatic carbocycles. The fraction of sp³-hybridized carbons (Fsp3) is 0.581. The highest BCUT2D eigenvalue weighted by molar-refractivity contribution is 7.89. The number of rotatable bonds is 13. The van der Waals surface area contributed by atoms with Crippen LogP contribution in [0.25, 0.3) is 0 Å². The number of hydrogen-bond acceptors (Lipinski definition) is 8. The lowest BCUT2D eigenvalue weighted by Crippen LogP contribution is -2.43. The van der Waals surface area contributed by atoms with E-state index in [2.05, 4.69) is 9.93 Å². The second kappa shape index (κ2) is 15.9. The number of sulfonamides is 1. The highest BCUT2D eigenvalue weighted by atomic mass is 32.2. The van der Waals surface area contributed by atoms with Crippen LogP contribution in [0.4, 0.5) is 0 Å². The zero-order valence-electron chi connectivity index (χ0n) is 25.5. The number of hydrogen-bond donors (Lipinski definition) is 1. The molecule has 1 aromatic carbocycles. The van der Waals surface area contributed by atoms with E-state index in [0.29, 0.717) is 32.3 Å². The first-order valence-corrected chi connectivity index (χ1v) is 15.6. The Hall–Kier alpha value is -2.98. The van der Waals surface area contributed by atoms with Crippen LogP contribution in [-0.2, 0) is 33.8 Å². The zero-order valence-corrected chi connectivity index (χ0v) is 26.3. The Morgan fingerprint density at radius 2 is 1.85 bits per heavy atom. The van der Waals surface area contributed by atoms with Crippen LogP contribution in [0.3, 0.4) is 0 Å². The quantitative estimate of drug-likeness (QED) is 0.134. The van der Waals surface area contributed by atoms with Gasteiger partial charge in [-0.2, -0.15) is 13.5 Å². The first-order valence-electron chi connectivity index (χ1n) is 14.1. The molecule has 0 aromatic heterocycles.